The molecule has 18 heavy (non-hydrogen) atoms. The van der Waals surface area contributed by atoms with Gasteiger partial charge in [-0.3, -0.25) is 4.79 Å². The van der Waals surface area contributed by atoms with Gasteiger partial charge in [-0.15, -0.1) is 0 Å². The lowest BCUT2D eigenvalue weighted by molar-refractivity contribution is -0.120. The zero-order valence-corrected chi connectivity index (χ0v) is 10.9. The van der Waals surface area contributed by atoms with Crippen LogP contribution in [0.4, 0.5) is 5.69 Å². The molecule has 1 fully saturated rings. The third-order valence-electron chi connectivity index (χ3n) is 3.39. The summed E-state index contributed by atoms with van der Waals surface area (Å²) in [6, 6.07) is 7.92. The molecule has 1 aliphatic rings. The highest BCUT2D eigenvalue weighted by atomic mass is 16.5. The van der Waals surface area contributed by atoms with E-state index in [2.05, 4.69) is 17.6 Å². The number of benzene rings is 1. The molecule has 1 heterocycles. The minimum absolute atomic E-state index is 0.0725. The Morgan fingerprint density at radius 1 is 1.33 bits per heavy atom. The Kier molecular flexibility index (Phi) is 4.20. The second-order valence-corrected chi connectivity index (χ2v) is 4.80. The molecule has 0 aromatic heterocycles. The minimum Gasteiger partial charge on any atom is -0.497 e. The molecule has 0 aliphatic carbocycles. The van der Waals surface area contributed by atoms with Gasteiger partial charge in [0.15, 0.2) is 0 Å². The molecule has 0 spiro atoms. The maximum Gasteiger partial charge on any atom is 0.228 e. The highest BCUT2D eigenvalue weighted by Gasteiger charge is 2.23. The maximum atomic E-state index is 12.0. The highest BCUT2D eigenvalue weighted by molar-refractivity contribution is 5.92. The number of carbonyl (C=O) groups excluding carboxylic acids is 1. The van der Waals surface area contributed by atoms with E-state index in [9.17, 15) is 4.79 Å². The molecule has 1 aromatic carbocycles. The summed E-state index contributed by atoms with van der Waals surface area (Å²) < 4.78 is 5.08. The van der Waals surface area contributed by atoms with Crippen LogP contribution in [0.1, 0.15) is 19.8 Å². The number of amides is 1. The van der Waals surface area contributed by atoms with Gasteiger partial charge < -0.3 is 15.4 Å². The fourth-order valence-electron chi connectivity index (χ4n) is 2.14. The molecule has 0 bridgehead atoms. The van der Waals surface area contributed by atoms with Gasteiger partial charge in [-0.05, 0) is 44.0 Å². The Hall–Kier alpha value is -1.55. The molecule has 2 rings (SSSR count). The Balaban J connectivity index is 1.90. The van der Waals surface area contributed by atoms with Gasteiger partial charge in [0.25, 0.3) is 0 Å². The topological polar surface area (TPSA) is 50.4 Å². The van der Waals surface area contributed by atoms with E-state index in [0.717, 1.165) is 30.8 Å². The Bertz CT molecular complexity index is 395. The van der Waals surface area contributed by atoms with Gasteiger partial charge in [-0.1, -0.05) is 0 Å². The van der Waals surface area contributed by atoms with Crippen LogP contribution in [-0.2, 0) is 4.79 Å². The molecule has 2 unspecified atom stereocenters. The van der Waals surface area contributed by atoms with Crippen LogP contribution in [0.5, 0.6) is 5.75 Å². The van der Waals surface area contributed by atoms with Gasteiger partial charge in [-0.2, -0.15) is 0 Å². The van der Waals surface area contributed by atoms with Crippen LogP contribution in [-0.4, -0.2) is 25.6 Å². The molecule has 98 valence electrons. The molecule has 1 aromatic rings. The standard InChI is InChI=1S/C14H20N2O2/c1-10-3-4-11(9-15-10)14(17)16-12-5-7-13(18-2)8-6-12/h5-8,10-11,15H,3-4,9H2,1-2H3,(H,16,17). The average molecular weight is 248 g/mol. The lowest BCUT2D eigenvalue weighted by Gasteiger charge is -2.26. The van der Waals surface area contributed by atoms with Crippen molar-refractivity contribution in [3.05, 3.63) is 24.3 Å². The lowest BCUT2D eigenvalue weighted by Crippen LogP contribution is -2.41. The monoisotopic (exact) mass is 248 g/mol. The van der Waals surface area contributed by atoms with Crippen molar-refractivity contribution in [1.29, 1.82) is 0 Å². The summed E-state index contributed by atoms with van der Waals surface area (Å²) in [6.45, 7) is 2.92. The molecule has 0 saturated carbocycles. The summed E-state index contributed by atoms with van der Waals surface area (Å²) in [6.07, 6.45) is 2.01. The van der Waals surface area contributed by atoms with Crippen molar-refractivity contribution in [3.63, 3.8) is 0 Å². The number of piperidine rings is 1. The second-order valence-electron chi connectivity index (χ2n) is 4.80. The van der Waals surface area contributed by atoms with Gasteiger partial charge in [0, 0.05) is 18.3 Å². The van der Waals surface area contributed by atoms with Crippen molar-refractivity contribution in [3.8, 4) is 5.75 Å². The summed E-state index contributed by atoms with van der Waals surface area (Å²) in [5.74, 6) is 0.962. The first kappa shape index (κ1) is 12.9. The zero-order chi connectivity index (χ0) is 13.0. The number of anilines is 1. The van der Waals surface area contributed by atoms with Crippen molar-refractivity contribution >= 4 is 11.6 Å². The summed E-state index contributed by atoms with van der Waals surface area (Å²) in [5.41, 5.74) is 0.819. The fraction of sp³-hybridized carbons (Fsp3) is 0.500. The quantitative estimate of drug-likeness (QED) is 0.860. The molecule has 1 amide bonds. The largest absolute Gasteiger partial charge is 0.497 e. The van der Waals surface area contributed by atoms with Crippen molar-refractivity contribution < 1.29 is 9.53 Å². The van der Waals surface area contributed by atoms with Crippen LogP contribution in [0.15, 0.2) is 24.3 Å². The predicted molar refractivity (Wildman–Crippen MR) is 71.8 cm³/mol. The molecular weight excluding hydrogens is 228 g/mol. The first-order chi connectivity index (χ1) is 8.69. The van der Waals surface area contributed by atoms with E-state index >= 15 is 0 Å². The van der Waals surface area contributed by atoms with Crippen molar-refractivity contribution in [2.75, 3.05) is 19.0 Å². The Morgan fingerprint density at radius 3 is 2.61 bits per heavy atom. The van der Waals surface area contributed by atoms with Gasteiger partial charge in [0.1, 0.15) is 5.75 Å². The third-order valence-corrected chi connectivity index (χ3v) is 3.39. The number of hydrogen-bond donors (Lipinski definition) is 2. The van der Waals surface area contributed by atoms with E-state index in [4.69, 9.17) is 4.74 Å². The molecule has 0 radical (unpaired) electrons. The van der Waals surface area contributed by atoms with E-state index in [1.807, 2.05) is 24.3 Å². The zero-order valence-electron chi connectivity index (χ0n) is 10.9. The van der Waals surface area contributed by atoms with Crippen LogP contribution >= 0.6 is 0 Å². The molecular formula is C14H20N2O2. The highest BCUT2D eigenvalue weighted by Crippen LogP contribution is 2.19. The molecule has 2 atom stereocenters. The number of nitrogens with one attached hydrogen (secondary N) is 2. The molecule has 4 nitrogen and oxygen atoms in total. The van der Waals surface area contributed by atoms with Crippen LogP contribution < -0.4 is 15.4 Å². The van der Waals surface area contributed by atoms with Gasteiger partial charge in [0.2, 0.25) is 5.91 Å². The van der Waals surface area contributed by atoms with E-state index < -0.39 is 0 Å². The number of rotatable bonds is 3. The van der Waals surface area contributed by atoms with E-state index in [1.54, 1.807) is 7.11 Å². The SMILES string of the molecule is COc1ccc(NC(=O)C2CCC(C)NC2)cc1. The normalized spacial score (nSPS) is 23.4. The summed E-state index contributed by atoms with van der Waals surface area (Å²) in [5, 5.41) is 6.28. The minimum atomic E-state index is 0.0725. The van der Waals surface area contributed by atoms with Gasteiger partial charge in [-0.25, -0.2) is 0 Å². The van der Waals surface area contributed by atoms with Crippen molar-refractivity contribution in [2.24, 2.45) is 5.92 Å². The number of hydrogen-bond acceptors (Lipinski definition) is 3. The first-order valence-corrected chi connectivity index (χ1v) is 6.37. The third kappa shape index (κ3) is 3.23. The number of ether oxygens (including phenoxy) is 1. The Labute approximate surface area is 108 Å². The van der Waals surface area contributed by atoms with Crippen LogP contribution in [0.2, 0.25) is 0 Å². The van der Waals surface area contributed by atoms with E-state index in [0.29, 0.717) is 6.04 Å². The summed E-state index contributed by atoms with van der Waals surface area (Å²) >= 11 is 0. The number of methoxy groups -OCH3 is 1. The predicted octanol–water partition coefficient (Wildman–Crippen LogP) is 2.02. The van der Waals surface area contributed by atoms with Gasteiger partial charge in [0.05, 0.1) is 13.0 Å². The molecule has 4 heteroatoms. The van der Waals surface area contributed by atoms with Gasteiger partial charge >= 0.3 is 0 Å². The smallest absolute Gasteiger partial charge is 0.228 e. The van der Waals surface area contributed by atoms with Crippen molar-refractivity contribution in [2.45, 2.75) is 25.8 Å². The molecule has 1 saturated heterocycles. The molecule has 1 aliphatic heterocycles. The molecule has 2 N–H and O–H groups in total. The van der Waals surface area contributed by atoms with Crippen molar-refractivity contribution in [1.82, 2.24) is 5.32 Å². The van der Waals surface area contributed by atoms with Crippen LogP contribution in [0.25, 0.3) is 0 Å². The number of carbonyl (C=O) groups is 1. The van der Waals surface area contributed by atoms with E-state index in [-0.39, 0.29) is 11.8 Å². The van der Waals surface area contributed by atoms with E-state index in [1.165, 1.54) is 0 Å². The average Bonchev–Trinajstić information content (AvgIpc) is 2.40. The summed E-state index contributed by atoms with van der Waals surface area (Å²) in [7, 11) is 1.63. The maximum absolute atomic E-state index is 12.0. The van der Waals surface area contributed by atoms with Crippen LogP contribution in [0, 0.1) is 5.92 Å². The Morgan fingerprint density at radius 2 is 2.06 bits per heavy atom. The second kappa shape index (κ2) is 5.87. The summed E-state index contributed by atoms with van der Waals surface area (Å²) in [4.78, 5) is 12.0. The van der Waals surface area contributed by atoms with Crippen LogP contribution in [0.3, 0.4) is 0 Å². The fourth-order valence-corrected chi connectivity index (χ4v) is 2.14. The first-order valence-electron chi connectivity index (χ1n) is 6.37. The lowest BCUT2D eigenvalue weighted by atomic mass is 9.95.